The van der Waals surface area contributed by atoms with Crippen molar-refractivity contribution in [1.82, 2.24) is 0 Å². The van der Waals surface area contributed by atoms with E-state index in [0.29, 0.717) is 0 Å². The zero-order chi connectivity index (χ0) is 16.3. The first-order valence-corrected chi connectivity index (χ1v) is 6.54. The van der Waals surface area contributed by atoms with Gasteiger partial charge in [-0.25, -0.2) is 4.39 Å². The number of benzene rings is 2. The van der Waals surface area contributed by atoms with E-state index in [0.717, 1.165) is 18.2 Å². The van der Waals surface area contributed by atoms with E-state index >= 15 is 0 Å². The minimum Gasteiger partial charge on any atom is -0.326 e. The fourth-order valence-corrected chi connectivity index (χ4v) is 2.00. The molecular weight excluding hydrogens is 322 g/mol. The molecule has 0 saturated heterocycles. The van der Waals surface area contributed by atoms with E-state index in [1.807, 2.05) is 0 Å². The van der Waals surface area contributed by atoms with E-state index in [9.17, 15) is 22.4 Å². The molecule has 116 valence electrons. The van der Waals surface area contributed by atoms with Crippen LogP contribution in [0, 0.1) is 5.82 Å². The number of rotatable bonds is 3. The van der Waals surface area contributed by atoms with Gasteiger partial charge in [0, 0.05) is 5.69 Å². The van der Waals surface area contributed by atoms with Gasteiger partial charge in [-0.15, -0.1) is 0 Å². The van der Waals surface area contributed by atoms with Crippen molar-refractivity contribution in [2.75, 3.05) is 5.32 Å². The molecule has 0 fully saturated rings. The van der Waals surface area contributed by atoms with Gasteiger partial charge < -0.3 is 5.32 Å². The summed E-state index contributed by atoms with van der Waals surface area (Å²) in [5.41, 5.74) is -0.327. The van der Waals surface area contributed by atoms with Crippen molar-refractivity contribution in [2.45, 2.75) is 12.6 Å². The number of hydrogen-bond donors (Lipinski definition) is 1. The van der Waals surface area contributed by atoms with Crippen LogP contribution in [0.5, 0.6) is 0 Å². The summed E-state index contributed by atoms with van der Waals surface area (Å²) in [5, 5.41) is 2.29. The van der Waals surface area contributed by atoms with Crippen molar-refractivity contribution in [2.24, 2.45) is 0 Å². The maximum Gasteiger partial charge on any atom is 0.416 e. The van der Waals surface area contributed by atoms with Crippen molar-refractivity contribution in [1.29, 1.82) is 0 Å². The van der Waals surface area contributed by atoms with Crippen LogP contribution in [0.1, 0.15) is 11.1 Å². The largest absolute Gasteiger partial charge is 0.416 e. The summed E-state index contributed by atoms with van der Waals surface area (Å²) < 4.78 is 50.7. The van der Waals surface area contributed by atoms with Crippen molar-refractivity contribution in [3.63, 3.8) is 0 Å². The van der Waals surface area contributed by atoms with Gasteiger partial charge in [0.05, 0.1) is 17.0 Å². The molecule has 0 aromatic heterocycles. The van der Waals surface area contributed by atoms with Gasteiger partial charge in [-0.1, -0.05) is 29.8 Å². The predicted molar refractivity (Wildman–Crippen MR) is 75.2 cm³/mol. The van der Waals surface area contributed by atoms with Crippen molar-refractivity contribution < 1.29 is 22.4 Å². The number of carbonyl (C=O) groups is 1. The number of carbonyl (C=O) groups excluding carboxylic acids is 1. The minimum absolute atomic E-state index is 0.156. The molecule has 2 aromatic carbocycles. The molecule has 0 spiro atoms. The lowest BCUT2D eigenvalue weighted by atomic mass is 10.1. The molecule has 0 atom stereocenters. The van der Waals surface area contributed by atoms with E-state index in [1.54, 1.807) is 0 Å². The average Bonchev–Trinajstić information content (AvgIpc) is 2.42. The summed E-state index contributed by atoms with van der Waals surface area (Å²) in [6.45, 7) is 0. The van der Waals surface area contributed by atoms with E-state index in [-0.39, 0.29) is 22.7 Å². The number of hydrogen-bond acceptors (Lipinski definition) is 1. The lowest BCUT2D eigenvalue weighted by Crippen LogP contribution is -2.15. The Kier molecular flexibility index (Phi) is 4.71. The Morgan fingerprint density at radius 1 is 1.14 bits per heavy atom. The van der Waals surface area contributed by atoms with Crippen LogP contribution in [0.4, 0.5) is 23.2 Å². The third-order valence-corrected chi connectivity index (χ3v) is 3.11. The zero-order valence-electron chi connectivity index (χ0n) is 11.0. The van der Waals surface area contributed by atoms with Crippen molar-refractivity contribution in [3.8, 4) is 0 Å². The van der Waals surface area contributed by atoms with Crippen molar-refractivity contribution >= 4 is 23.2 Å². The van der Waals surface area contributed by atoms with Crippen LogP contribution >= 0.6 is 11.6 Å². The molecule has 2 rings (SSSR count). The van der Waals surface area contributed by atoms with Gasteiger partial charge in [-0.3, -0.25) is 4.79 Å². The molecule has 2 nitrogen and oxygen atoms in total. The first kappa shape index (κ1) is 16.3. The van der Waals surface area contributed by atoms with Crippen LogP contribution in [0.3, 0.4) is 0 Å². The SMILES string of the molecule is O=C(Cc1cccc(C(F)(F)F)c1)Nc1ccc(F)c(Cl)c1. The Morgan fingerprint density at radius 3 is 2.50 bits per heavy atom. The normalized spacial score (nSPS) is 11.3. The Hall–Kier alpha value is -2.08. The molecule has 1 amide bonds. The zero-order valence-corrected chi connectivity index (χ0v) is 11.8. The molecule has 7 heteroatoms. The van der Waals surface area contributed by atoms with Crippen LogP contribution in [0.2, 0.25) is 5.02 Å². The number of amides is 1. The maximum absolute atomic E-state index is 13.0. The highest BCUT2D eigenvalue weighted by Crippen LogP contribution is 2.29. The molecule has 0 unspecified atom stereocenters. The van der Waals surface area contributed by atoms with E-state index in [1.165, 1.54) is 24.3 Å². The summed E-state index contributed by atoms with van der Waals surface area (Å²) in [5.74, 6) is -1.15. The van der Waals surface area contributed by atoms with Crippen LogP contribution in [-0.2, 0) is 17.4 Å². The molecule has 0 aliphatic heterocycles. The highest BCUT2D eigenvalue weighted by Gasteiger charge is 2.30. The monoisotopic (exact) mass is 331 g/mol. The molecule has 0 heterocycles. The summed E-state index contributed by atoms with van der Waals surface area (Å²) in [6, 6.07) is 8.12. The van der Waals surface area contributed by atoms with Crippen LogP contribution in [0.25, 0.3) is 0 Å². The first-order valence-electron chi connectivity index (χ1n) is 6.17. The van der Waals surface area contributed by atoms with Crippen LogP contribution in [0.15, 0.2) is 42.5 Å². The Morgan fingerprint density at radius 2 is 1.86 bits per heavy atom. The fraction of sp³-hybridized carbons (Fsp3) is 0.133. The average molecular weight is 332 g/mol. The van der Waals surface area contributed by atoms with Crippen LogP contribution < -0.4 is 5.32 Å². The summed E-state index contributed by atoms with van der Waals surface area (Å²) in [4.78, 5) is 11.8. The molecule has 0 saturated carbocycles. The van der Waals surface area contributed by atoms with Gasteiger partial charge in [0.15, 0.2) is 0 Å². The highest BCUT2D eigenvalue weighted by molar-refractivity contribution is 6.31. The van der Waals surface area contributed by atoms with E-state index in [4.69, 9.17) is 11.6 Å². The smallest absolute Gasteiger partial charge is 0.326 e. The molecule has 22 heavy (non-hydrogen) atoms. The highest BCUT2D eigenvalue weighted by atomic mass is 35.5. The van der Waals surface area contributed by atoms with Gasteiger partial charge in [0.2, 0.25) is 5.91 Å². The Balaban J connectivity index is 2.07. The molecule has 0 aliphatic rings. The third-order valence-electron chi connectivity index (χ3n) is 2.82. The van der Waals surface area contributed by atoms with E-state index in [2.05, 4.69) is 5.32 Å². The van der Waals surface area contributed by atoms with Gasteiger partial charge in [-0.05, 0) is 29.8 Å². The predicted octanol–water partition coefficient (Wildman–Crippen LogP) is 4.68. The second-order valence-electron chi connectivity index (χ2n) is 4.55. The standard InChI is InChI=1S/C15H10ClF4NO/c16-12-8-11(4-5-13(12)17)21-14(22)7-9-2-1-3-10(6-9)15(18,19)20/h1-6,8H,7H2,(H,21,22). The molecule has 0 bridgehead atoms. The molecule has 1 N–H and O–H groups in total. The van der Waals surface area contributed by atoms with Crippen LogP contribution in [-0.4, -0.2) is 5.91 Å². The molecule has 0 aliphatic carbocycles. The molecule has 2 aromatic rings. The van der Waals surface area contributed by atoms with Crippen molar-refractivity contribution in [3.05, 3.63) is 64.4 Å². The second-order valence-corrected chi connectivity index (χ2v) is 4.96. The van der Waals surface area contributed by atoms with Gasteiger partial charge >= 0.3 is 6.18 Å². The number of anilines is 1. The number of nitrogens with one attached hydrogen (secondary N) is 1. The Labute approximate surface area is 128 Å². The fourth-order valence-electron chi connectivity index (χ4n) is 1.82. The quantitative estimate of drug-likeness (QED) is 0.813. The lowest BCUT2D eigenvalue weighted by molar-refractivity contribution is -0.137. The maximum atomic E-state index is 13.0. The minimum atomic E-state index is -4.46. The second kappa shape index (κ2) is 6.36. The van der Waals surface area contributed by atoms with Gasteiger partial charge in [0.25, 0.3) is 0 Å². The molecule has 0 radical (unpaired) electrons. The molecular formula is C15H10ClF4NO. The summed E-state index contributed by atoms with van der Waals surface area (Å²) >= 11 is 5.58. The number of alkyl halides is 3. The van der Waals surface area contributed by atoms with E-state index < -0.39 is 23.5 Å². The summed E-state index contributed by atoms with van der Waals surface area (Å²) in [7, 11) is 0. The number of halogens is 5. The van der Waals surface area contributed by atoms with Gasteiger partial charge in [-0.2, -0.15) is 13.2 Å². The van der Waals surface area contributed by atoms with Gasteiger partial charge in [0.1, 0.15) is 5.82 Å². The Bertz CT molecular complexity index is 700. The third kappa shape index (κ3) is 4.21. The lowest BCUT2D eigenvalue weighted by Gasteiger charge is -2.09. The summed E-state index contributed by atoms with van der Waals surface area (Å²) in [6.07, 6.45) is -4.70. The first-order chi connectivity index (χ1) is 10.3. The topological polar surface area (TPSA) is 29.1 Å².